The number of carbonyl (C=O) groups is 2. The second-order valence-corrected chi connectivity index (χ2v) is 5.00. The van der Waals surface area contributed by atoms with E-state index in [4.69, 9.17) is 16.7 Å². The van der Waals surface area contributed by atoms with Crippen molar-refractivity contribution in [1.29, 1.82) is 0 Å². The van der Waals surface area contributed by atoms with Gasteiger partial charge >= 0.3 is 5.97 Å². The van der Waals surface area contributed by atoms with Gasteiger partial charge in [0.05, 0.1) is 6.04 Å². The van der Waals surface area contributed by atoms with Crippen LogP contribution in [0.25, 0.3) is 0 Å². The Kier molecular flexibility index (Phi) is 9.01. The highest BCUT2D eigenvalue weighted by molar-refractivity contribution is 6.30. The third kappa shape index (κ3) is 6.80. The number of carbonyl (C=O) groups excluding carboxylic acids is 1. The molecule has 1 amide bonds. The zero-order valence-corrected chi connectivity index (χ0v) is 13.5. The minimum Gasteiger partial charge on any atom is -0.480 e. The van der Waals surface area contributed by atoms with Gasteiger partial charge in [-0.15, -0.1) is 12.4 Å². The summed E-state index contributed by atoms with van der Waals surface area (Å²) in [5.41, 5.74) is 0.582. The monoisotopic (exact) mass is 334 g/mol. The number of aliphatic carboxylic acids is 1. The van der Waals surface area contributed by atoms with Crippen LogP contribution in [-0.4, -0.2) is 29.1 Å². The van der Waals surface area contributed by atoms with Gasteiger partial charge in [-0.2, -0.15) is 0 Å². The van der Waals surface area contributed by atoms with Gasteiger partial charge in [0.2, 0.25) is 5.91 Å². The number of rotatable bonds is 7. The highest BCUT2D eigenvalue weighted by Crippen LogP contribution is 2.15. The van der Waals surface area contributed by atoms with Crippen molar-refractivity contribution in [3.8, 4) is 0 Å². The van der Waals surface area contributed by atoms with Crippen molar-refractivity contribution >= 4 is 41.6 Å². The van der Waals surface area contributed by atoms with E-state index < -0.39 is 18.1 Å². The van der Waals surface area contributed by atoms with Gasteiger partial charge in [-0.1, -0.05) is 31.0 Å². The molecule has 1 aromatic carbocycles. The van der Waals surface area contributed by atoms with E-state index in [1.807, 2.05) is 6.92 Å². The number of halogens is 2. The first-order valence-corrected chi connectivity index (χ1v) is 6.87. The van der Waals surface area contributed by atoms with Crippen molar-refractivity contribution in [3.63, 3.8) is 0 Å². The molecule has 0 aliphatic rings. The summed E-state index contributed by atoms with van der Waals surface area (Å²) in [6.45, 7) is 3.53. The van der Waals surface area contributed by atoms with E-state index in [-0.39, 0.29) is 18.3 Å². The van der Waals surface area contributed by atoms with Gasteiger partial charge in [0, 0.05) is 10.7 Å². The summed E-state index contributed by atoms with van der Waals surface area (Å²) >= 11 is 5.83. The predicted molar refractivity (Wildman–Crippen MR) is 86.3 cm³/mol. The number of anilines is 1. The maximum Gasteiger partial charge on any atom is 0.320 e. The SMILES string of the molecule is CCCC(NC(C)C(=O)Nc1cccc(Cl)c1)C(=O)O.Cl. The summed E-state index contributed by atoms with van der Waals surface area (Å²) in [5, 5.41) is 15.1. The lowest BCUT2D eigenvalue weighted by Crippen LogP contribution is -2.47. The molecule has 0 aliphatic carbocycles. The van der Waals surface area contributed by atoms with E-state index in [0.29, 0.717) is 17.1 Å². The fourth-order valence-corrected chi connectivity index (χ4v) is 1.95. The summed E-state index contributed by atoms with van der Waals surface area (Å²) in [7, 11) is 0. The highest BCUT2D eigenvalue weighted by atomic mass is 35.5. The summed E-state index contributed by atoms with van der Waals surface area (Å²) in [5.74, 6) is -1.25. The molecule has 0 saturated heterocycles. The van der Waals surface area contributed by atoms with Crippen LogP contribution in [0.15, 0.2) is 24.3 Å². The minimum absolute atomic E-state index is 0. The Bertz CT molecular complexity index is 483. The molecule has 2 atom stereocenters. The summed E-state index contributed by atoms with van der Waals surface area (Å²) in [6.07, 6.45) is 1.21. The number of carboxylic acid groups (broad SMARTS) is 1. The first kappa shape index (κ1) is 19.7. The van der Waals surface area contributed by atoms with E-state index in [2.05, 4.69) is 10.6 Å². The van der Waals surface area contributed by atoms with Crippen molar-refractivity contribution < 1.29 is 14.7 Å². The number of hydrogen-bond acceptors (Lipinski definition) is 3. The molecule has 21 heavy (non-hydrogen) atoms. The normalized spacial score (nSPS) is 12.9. The largest absolute Gasteiger partial charge is 0.480 e. The van der Waals surface area contributed by atoms with Crippen molar-refractivity contribution in [2.24, 2.45) is 0 Å². The first-order chi connectivity index (χ1) is 9.43. The van der Waals surface area contributed by atoms with Crippen LogP contribution in [0.2, 0.25) is 5.02 Å². The quantitative estimate of drug-likeness (QED) is 0.716. The summed E-state index contributed by atoms with van der Waals surface area (Å²) < 4.78 is 0. The molecule has 0 radical (unpaired) electrons. The van der Waals surface area contributed by atoms with E-state index in [9.17, 15) is 9.59 Å². The van der Waals surface area contributed by atoms with E-state index in [0.717, 1.165) is 6.42 Å². The van der Waals surface area contributed by atoms with Crippen molar-refractivity contribution in [2.45, 2.75) is 38.8 Å². The number of amides is 1. The van der Waals surface area contributed by atoms with Crippen LogP contribution in [0.1, 0.15) is 26.7 Å². The predicted octanol–water partition coefficient (Wildman–Crippen LogP) is 2.93. The molecular weight excluding hydrogens is 315 g/mol. The molecule has 0 bridgehead atoms. The maximum atomic E-state index is 12.0. The molecule has 0 heterocycles. The van der Waals surface area contributed by atoms with Gasteiger partial charge in [-0.3, -0.25) is 14.9 Å². The molecule has 0 saturated carbocycles. The van der Waals surface area contributed by atoms with Crippen LogP contribution in [0.5, 0.6) is 0 Å². The van der Waals surface area contributed by atoms with Crippen LogP contribution in [0.4, 0.5) is 5.69 Å². The van der Waals surface area contributed by atoms with Gasteiger partial charge < -0.3 is 10.4 Å². The molecule has 7 heteroatoms. The van der Waals surface area contributed by atoms with Crippen LogP contribution in [-0.2, 0) is 9.59 Å². The smallest absolute Gasteiger partial charge is 0.320 e. The maximum absolute atomic E-state index is 12.0. The van der Waals surface area contributed by atoms with Crippen molar-refractivity contribution in [2.75, 3.05) is 5.32 Å². The van der Waals surface area contributed by atoms with Gasteiger partial charge in [0.15, 0.2) is 0 Å². The van der Waals surface area contributed by atoms with Crippen molar-refractivity contribution in [3.05, 3.63) is 29.3 Å². The fourth-order valence-electron chi connectivity index (χ4n) is 1.76. The molecule has 118 valence electrons. The molecule has 0 spiro atoms. The molecule has 5 nitrogen and oxygen atoms in total. The van der Waals surface area contributed by atoms with Crippen LogP contribution in [0.3, 0.4) is 0 Å². The average Bonchev–Trinajstić information content (AvgIpc) is 2.37. The molecule has 3 N–H and O–H groups in total. The second-order valence-electron chi connectivity index (χ2n) is 4.57. The summed E-state index contributed by atoms with van der Waals surface area (Å²) in [4.78, 5) is 23.0. The van der Waals surface area contributed by atoms with Crippen LogP contribution < -0.4 is 10.6 Å². The van der Waals surface area contributed by atoms with E-state index >= 15 is 0 Å². The lowest BCUT2D eigenvalue weighted by atomic mass is 10.1. The Morgan fingerprint density at radius 3 is 2.57 bits per heavy atom. The third-order valence-electron chi connectivity index (χ3n) is 2.81. The first-order valence-electron chi connectivity index (χ1n) is 6.49. The van der Waals surface area contributed by atoms with Crippen molar-refractivity contribution in [1.82, 2.24) is 5.32 Å². The number of benzene rings is 1. The lowest BCUT2D eigenvalue weighted by Gasteiger charge is -2.19. The molecule has 0 fully saturated rings. The lowest BCUT2D eigenvalue weighted by molar-refractivity contribution is -0.140. The Labute approximate surface area is 135 Å². The average molecular weight is 335 g/mol. The van der Waals surface area contributed by atoms with Gasteiger partial charge in [-0.25, -0.2) is 0 Å². The number of hydrogen-bond donors (Lipinski definition) is 3. The Hall–Kier alpha value is -1.30. The zero-order valence-electron chi connectivity index (χ0n) is 11.9. The molecule has 1 rings (SSSR count). The molecule has 0 aromatic heterocycles. The fraction of sp³-hybridized carbons (Fsp3) is 0.429. The highest BCUT2D eigenvalue weighted by Gasteiger charge is 2.22. The van der Waals surface area contributed by atoms with Crippen LogP contribution in [0, 0.1) is 0 Å². The van der Waals surface area contributed by atoms with Gasteiger partial charge in [0.25, 0.3) is 0 Å². The molecule has 1 aromatic rings. The van der Waals surface area contributed by atoms with Gasteiger partial charge in [0.1, 0.15) is 6.04 Å². The minimum atomic E-state index is -0.950. The molecule has 0 aliphatic heterocycles. The number of nitrogens with one attached hydrogen (secondary N) is 2. The number of carboxylic acids is 1. The van der Waals surface area contributed by atoms with E-state index in [1.165, 1.54) is 0 Å². The molecular formula is C14H20Cl2N2O3. The Balaban J connectivity index is 0.00000400. The second kappa shape index (κ2) is 9.60. The van der Waals surface area contributed by atoms with E-state index in [1.54, 1.807) is 31.2 Å². The standard InChI is InChI=1S/C14H19ClN2O3.ClH/c1-3-5-12(14(19)20)16-9(2)13(18)17-11-7-4-6-10(15)8-11;/h4,6-9,12,16H,3,5H2,1-2H3,(H,17,18)(H,19,20);1H. The third-order valence-corrected chi connectivity index (χ3v) is 3.05. The van der Waals surface area contributed by atoms with Crippen LogP contribution >= 0.6 is 24.0 Å². The Morgan fingerprint density at radius 1 is 1.38 bits per heavy atom. The molecule has 2 unspecified atom stereocenters. The zero-order chi connectivity index (χ0) is 15.1. The Morgan fingerprint density at radius 2 is 2.05 bits per heavy atom. The van der Waals surface area contributed by atoms with Gasteiger partial charge in [-0.05, 0) is 31.5 Å². The summed E-state index contributed by atoms with van der Waals surface area (Å²) in [6, 6.07) is 5.46. The topological polar surface area (TPSA) is 78.4 Å².